The molecule has 0 heterocycles. The van der Waals surface area contributed by atoms with Gasteiger partial charge in [0.25, 0.3) is 0 Å². The van der Waals surface area contributed by atoms with Crippen LogP contribution < -0.4 is 0 Å². The van der Waals surface area contributed by atoms with E-state index in [1.165, 1.54) is 0 Å². The Morgan fingerprint density at radius 3 is 0.762 bits per heavy atom. The average molecular weight is 736 g/mol. The summed E-state index contributed by atoms with van der Waals surface area (Å²) in [4.78, 5) is 0. The molecular formula is C24H50INO16. The number of halogens is 1. The summed E-state index contributed by atoms with van der Waals surface area (Å²) in [5.74, 6) is 0. The highest BCUT2D eigenvalue weighted by Crippen LogP contribution is 2.05. The number of nitrogens with zero attached hydrogens (tertiary/aromatic N) is 1. The van der Waals surface area contributed by atoms with Crippen LogP contribution in [-0.2, 0) is 28.4 Å². The predicted octanol–water partition coefficient (Wildman–Crippen LogP) is -5.39. The van der Waals surface area contributed by atoms with Crippen molar-refractivity contribution < 1.29 is 79.5 Å². The summed E-state index contributed by atoms with van der Waals surface area (Å²) < 4.78 is 32.5. The summed E-state index contributed by atoms with van der Waals surface area (Å²) in [5, 5.41) is 95.0. The zero-order chi connectivity index (χ0) is 31.8. The second kappa shape index (κ2) is 27.4. The molecule has 0 aromatic heterocycles. The molecule has 0 radical (unpaired) electrons. The van der Waals surface area contributed by atoms with Gasteiger partial charge in [0.2, 0.25) is 0 Å². The molecule has 254 valence electrons. The maximum atomic E-state index is 10.1. The predicted molar refractivity (Wildman–Crippen MR) is 153 cm³/mol. The molecule has 0 spiro atoms. The molecule has 0 fully saturated rings. The quantitative estimate of drug-likeness (QED) is 0.0244. The second-order valence-corrected chi connectivity index (χ2v) is 11.0. The van der Waals surface area contributed by atoms with Gasteiger partial charge in [-0.1, -0.05) is 0 Å². The van der Waals surface area contributed by atoms with Gasteiger partial charge in [-0.3, -0.25) is 0 Å². The van der Waals surface area contributed by atoms with E-state index in [4.69, 9.17) is 48.8 Å². The van der Waals surface area contributed by atoms with Gasteiger partial charge in [0.15, 0.2) is 0 Å². The highest BCUT2D eigenvalue weighted by molar-refractivity contribution is 14.1. The molecule has 0 aliphatic carbocycles. The number of hydrogen-bond donors (Lipinski definition) is 10. The van der Waals surface area contributed by atoms with Crippen molar-refractivity contribution in [1.82, 2.24) is 3.11 Å². The lowest BCUT2D eigenvalue weighted by Crippen LogP contribution is -2.36. The standard InChI is InChI=1S/C24H50INO16/c25-26(1-17(29)5-37-9-21(33)13-41-15-23(35)11-39-7-19(31)3-27)2-18(30)6-38-10-22(34)14-42-16-24(36)12-40-8-20(32)4-28/h17-24,27-36H,1-16H2. The monoisotopic (exact) mass is 735 g/mol. The lowest BCUT2D eigenvalue weighted by atomic mass is 10.3. The third-order valence-electron chi connectivity index (χ3n) is 4.96. The van der Waals surface area contributed by atoms with Crippen molar-refractivity contribution in [1.29, 1.82) is 0 Å². The molecule has 0 rings (SSSR count). The topological polar surface area (TPSA) is 261 Å². The summed E-state index contributed by atoms with van der Waals surface area (Å²) in [5.41, 5.74) is 0. The van der Waals surface area contributed by atoms with Gasteiger partial charge in [0.05, 0.1) is 105 Å². The van der Waals surface area contributed by atoms with Crippen LogP contribution in [0.2, 0.25) is 0 Å². The van der Waals surface area contributed by atoms with Gasteiger partial charge in [0.1, 0.15) is 36.6 Å². The second-order valence-electron chi connectivity index (χ2n) is 9.65. The number of hydrogen-bond acceptors (Lipinski definition) is 17. The fourth-order valence-corrected chi connectivity index (χ4v) is 3.89. The SMILES string of the molecule is OCC(O)COCC(O)COCC(O)COCC(O)CN(I)CC(O)COCC(O)COCC(O)COCC(O)CO. The molecule has 0 aromatic carbocycles. The Hall–Kier alpha value is 0.0500. The zero-order valence-electron chi connectivity index (χ0n) is 23.7. The van der Waals surface area contributed by atoms with E-state index >= 15 is 0 Å². The van der Waals surface area contributed by atoms with E-state index in [1.54, 1.807) is 3.11 Å². The Kier molecular flexibility index (Phi) is 27.4. The number of ether oxygens (including phenoxy) is 6. The Balaban J connectivity index is 3.81. The lowest BCUT2D eigenvalue weighted by molar-refractivity contribution is -0.0740. The van der Waals surface area contributed by atoms with Crippen molar-refractivity contribution in [2.45, 2.75) is 48.8 Å². The molecule has 42 heavy (non-hydrogen) atoms. The fourth-order valence-electron chi connectivity index (χ4n) is 2.98. The van der Waals surface area contributed by atoms with Gasteiger partial charge >= 0.3 is 0 Å². The van der Waals surface area contributed by atoms with Gasteiger partial charge < -0.3 is 79.5 Å². The van der Waals surface area contributed by atoms with Gasteiger partial charge in [-0.2, -0.15) is 0 Å². The van der Waals surface area contributed by atoms with Crippen LogP contribution in [0.25, 0.3) is 0 Å². The molecule has 0 bridgehead atoms. The van der Waals surface area contributed by atoms with E-state index in [0.717, 1.165) is 0 Å². The van der Waals surface area contributed by atoms with Crippen molar-refractivity contribution >= 4 is 22.9 Å². The summed E-state index contributed by atoms with van der Waals surface area (Å²) in [6.45, 7) is -1.89. The van der Waals surface area contributed by atoms with Crippen molar-refractivity contribution in [3.63, 3.8) is 0 Å². The molecule has 0 aliphatic heterocycles. The highest BCUT2D eigenvalue weighted by atomic mass is 127. The van der Waals surface area contributed by atoms with Crippen LogP contribution in [0.1, 0.15) is 0 Å². The van der Waals surface area contributed by atoms with Gasteiger partial charge in [0, 0.05) is 36.0 Å². The maximum absolute atomic E-state index is 10.1. The van der Waals surface area contributed by atoms with Crippen LogP contribution in [0.5, 0.6) is 0 Å². The first-order valence-corrected chi connectivity index (χ1v) is 14.5. The molecule has 8 unspecified atom stereocenters. The van der Waals surface area contributed by atoms with Crippen LogP contribution >= 0.6 is 22.9 Å². The van der Waals surface area contributed by atoms with Crippen molar-refractivity contribution in [3.8, 4) is 0 Å². The van der Waals surface area contributed by atoms with E-state index in [1.807, 2.05) is 22.9 Å². The number of aliphatic hydroxyl groups is 10. The van der Waals surface area contributed by atoms with Crippen LogP contribution in [0.3, 0.4) is 0 Å². The Morgan fingerprint density at radius 2 is 0.548 bits per heavy atom. The first kappa shape index (κ1) is 42.0. The average Bonchev–Trinajstić information content (AvgIpc) is 2.92. The third-order valence-corrected chi connectivity index (χ3v) is 5.75. The minimum Gasteiger partial charge on any atom is -0.394 e. The molecule has 17 nitrogen and oxygen atoms in total. The van der Waals surface area contributed by atoms with Crippen molar-refractivity contribution in [2.75, 3.05) is 106 Å². The van der Waals surface area contributed by atoms with E-state index in [0.29, 0.717) is 0 Å². The van der Waals surface area contributed by atoms with E-state index in [9.17, 15) is 30.6 Å². The molecule has 0 aliphatic rings. The van der Waals surface area contributed by atoms with Crippen LogP contribution in [-0.4, -0.2) is 209 Å². The molecule has 10 N–H and O–H groups in total. The van der Waals surface area contributed by atoms with Gasteiger partial charge in [-0.05, 0) is 0 Å². The fraction of sp³-hybridized carbons (Fsp3) is 1.00. The van der Waals surface area contributed by atoms with E-state index in [2.05, 4.69) is 0 Å². The Labute approximate surface area is 259 Å². The summed E-state index contributed by atoms with van der Waals surface area (Å²) >= 11 is 1.92. The summed E-state index contributed by atoms with van der Waals surface area (Å²) in [6.07, 6.45) is -7.79. The normalized spacial score (nSPS) is 18.0. The smallest absolute Gasteiger partial charge is 0.101 e. The first-order chi connectivity index (χ1) is 20.0. The molecule has 8 atom stereocenters. The van der Waals surface area contributed by atoms with Gasteiger partial charge in [-0.15, -0.1) is 0 Å². The molecule has 0 aromatic rings. The van der Waals surface area contributed by atoms with E-state index < -0.39 is 62.0 Å². The first-order valence-electron chi connectivity index (χ1n) is 13.5. The molecular weight excluding hydrogens is 685 g/mol. The largest absolute Gasteiger partial charge is 0.394 e. The van der Waals surface area contributed by atoms with Crippen LogP contribution in [0.4, 0.5) is 0 Å². The Morgan fingerprint density at radius 1 is 0.357 bits per heavy atom. The highest BCUT2D eigenvalue weighted by Gasteiger charge is 2.17. The van der Waals surface area contributed by atoms with E-state index in [-0.39, 0.29) is 92.4 Å². The summed E-state index contributed by atoms with van der Waals surface area (Å²) in [7, 11) is 0. The van der Waals surface area contributed by atoms with Gasteiger partial charge in [-0.25, -0.2) is 3.11 Å². The minimum absolute atomic E-state index is 0.0789. The van der Waals surface area contributed by atoms with Crippen LogP contribution in [0.15, 0.2) is 0 Å². The molecule has 0 saturated carbocycles. The minimum atomic E-state index is -1.02. The van der Waals surface area contributed by atoms with Crippen molar-refractivity contribution in [3.05, 3.63) is 0 Å². The molecule has 0 saturated heterocycles. The third kappa shape index (κ3) is 26.5. The maximum Gasteiger partial charge on any atom is 0.101 e. The Bertz CT molecular complexity index is 555. The number of rotatable bonds is 30. The zero-order valence-corrected chi connectivity index (χ0v) is 25.8. The number of aliphatic hydroxyl groups excluding tert-OH is 10. The lowest BCUT2D eigenvalue weighted by Gasteiger charge is -2.22. The van der Waals surface area contributed by atoms with Crippen molar-refractivity contribution in [2.24, 2.45) is 0 Å². The summed E-state index contributed by atoms with van der Waals surface area (Å²) in [6, 6.07) is 0. The molecule has 18 heteroatoms. The van der Waals surface area contributed by atoms with Crippen LogP contribution in [0, 0.1) is 0 Å². The molecule has 0 amide bonds.